The number of ketones is 1. The molecule has 0 aromatic carbocycles. The predicted octanol–water partition coefficient (Wildman–Crippen LogP) is -0.649. The molecule has 0 heterocycles. The first-order chi connectivity index (χ1) is 4.09. The zero-order chi connectivity index (χ0) is 7.44. The maximum absolute atomic E-state index is 10.5. The molecule has 0 aromatic heterocycles. The van der Waals surface area contributed by atoms with Crippen LogP contribution in [0.2, 0.25) is 0 Å². The normalized spacial score (nSPS) is 12.7. The average Bonchev–Trinajstić information content (AvgIpc) is 1.84. The minimum absolute atomic E-state index is 0.259. The third-order valence-electron chi connectivity index (χ3n) is 1.18. The number of hydrogen-bond donors (Lipinski definition) is 0. The molecule has 0 saturated heterocycles. The van der Waals surface area contributed by atoms with Crippen molar-refractivity contribution in [2.75, 3.05) is 0 Å². The van der Waals surface area contributed by atoms with Crippen molar-refractivity contribution in [3.63, 3.8) is 0 Å². The van der Waals surface area contributed by atoms with E-state index in [4.69, 9.17) is 0 Å². The Morgan fingerprint density at radius 2 is 2.00 bits per heavy atom. The van der Waals surface area contributed by atoms with Gasteiger partial charge in [-0.15, -0.1) is 0 Å². The first-order valence-electron chi connectivity index (χ1n) is 2.83. The number of carbonyl (C=O) groups excluding carboxylic acids is 2. The number of Topliss-reactive ketones (excluding diaryl/α,β-unsaturated/α-hetero) is 1. The third-order valence-corrected chi connectivity index (χ3v) is 1.18. The predicted molar refractivity (Wildman–Crippen MR) is 29.5 cm³/mol. The molecule has 0 fully saturated rings. The van der Waals surface area contributed by atoms with E-state index in [1.54, 1.807) is 6.92 Å². The van der Waals surface area contributed by atoms with Crippen LogP contribution < -0.4 is 5.11 Å². The highest BCUT2D eigenvalue weighted by Gasteiger charge is 2.09. The van der Waals surface area contributed by atoms with Crippen molar-refractivity contribution in [1.29, 1.82) is 0 Å². The fraction of sp³-hybridized carbons (Fsp3) is 0.667. The number of carboxylic acids is 1. The Kier molecular flexibility index (Phi) is 2.91. The zero-order valence-corrected chi connectivity index (χ0v) is 5.51. The lowest BCUT2D eigenvalue weighted by Crippen LogP contribution is -2.34. The smallest absolute Gasteiger partial charge is 0.141 e. The van der Waals surface area contributed by atoms with Gasteiger partial charge in [0.05, 0.1) is 11.9 Å². The fourth-order valence-electron chi connectivity index (χ4n) is 0.438. The number of aliphatic carboxylic acids is 1. The van der Waals surface area contributed by atoms with Crippen LogP contribution >= 0.6 is 0 Å². The molecule has 0 aliphatic heterocycles. The molecule has 1 unspecified atom stereocenters. The number of carboxylic acid groups (broad SMARTS) is 1. The molecule has 0 saturated carbocycles. The van der Waals surface area contributed by atoms with Gasteiger partial charge in [0.1, 0.15) is 5.78 Å². The van der Waals surface area contributed by atoms with Gasteiger partial charge in [0.2, 0.25) is 0 Å². The SMILES string of the molecule is CCC(=O)C(C)C(=O)[O-]. The summed E-state index contributed by atoms with van der Waals surface area (Å²) in [4.78, 5) is 20.5. The van der Waals surface area contributed by atoms with Crippen LogP contribution in [0.25, 0.3) is 0 Å². The van der Waals surface area contributed by atoms with Gasteiger partial charge in [0.25, 0.3) is 0 Å². The van der Waals surface area contributed by atoms with Crippen LogP contribution in [0.4, 0.5) is 0 Å². The molecule has 0 radical (unpaired) electrons. The van der Waals surface area contributed by atoms with Crippen LogP contribution in [-0.2, 0) is 9.59 Å². The van der Waals surface area contributed by atoms with Crippen LogP contribution in [0.1, 0.15) is 20.3 Å². The Balaban J connectivity index is 3.88. The van der Waals surface area contributed by atoms with Crippen LogP contribution in [0.3, 0.4) is 0 Å². The first-order valence-corrected chi connectivity index (χ1v) is 2.83. The van der Waals surface area contributed by atoms with Gasteiger partial charge < -0.3 is 9.90 Å². The number of hydrogen-bond acceptors (Lipinski definition) is 3. The van der Waals surface area contributed by atoms with E-state index < -0.39 is 11.9 Å². The maximum atomic E-state index is 10.5. The summed E-state index contributed by atoms with van der Waals surface area (Å²) in [6, 6.07) is 0. The first kappa shape index (κ1) is 8.14. The highest BCUT2D eigenvalue weighted by Crippen LogP contribution is 1.97. The van der Waals surface area contributed by atoms with Gasteiger partial charge in [-0.2, -0.15) is 0 Å². The van der Waals surface area contributed by atoms with Crippen molar-refractivity contribution in [3.05, 3.63) is 0 Å². The van der Waals surface area contributed by atoms with Crippen LogP contribution in [0, 0.1) is 5.92 Å². The molecular formula is C6H9O3-. The van der Waals surface area contributed by atoms with Crippen LogP contribution in [0.5, 0.6) is 0 Å². The summed E-state index contributed by atoms with van der Waals surface area (Å²) in [6.45, 7) is 2.96. The monoisotopic (exact) mass is 129 g/mol. The van der Waals surface area contributed by atoms with E-state index in [9.17, 15) is 14.7 Å². The molecule has 0 rings (SSSR count). The van der Waals surface area contributed by atoms with E-state index in [-0.39, 0.29) is 12.2 Å². The lowest BCUT2D eigenvalue weighted by Gasteiger charge is -2.08. The molecule has 0 aliphatic carbocycles. The lowest BCUT2D eigenvalue weighted by atomic mass is 10.1. The summed E-state index contributed by atoms with van der Waals surface area (Å²) in [5, 5.41) is 9.97. The fourth-order valence-corrected chi connectivity index (χ4v) is 0.438. The molecule has 9 heavy (non-hydrogen) atoms. The van der Waals surface area contributed by atoms with E-state index in [1.165, 1.54) is 6.92 Å². The topological polar surface area (TPSA) is 57.2 Å². The van der Waals surface area contributed by atoms with Crippen molar-refractivity contribution in [2.24, 2.45) is 5.92 Å². The summed E-state index contributed by atoms with van der Waals surface area (Å²) in [5.41, 5.74) is 0. The largest absolute Gasteiger partial charge is 0.549 e. The average molecular weight is 129 g/mol. The second-order valence-corrected chi connectivity index (χ2v) is 1.86. The van der Waals surface area contributed by atoms with Gasteiger partial charge in [-0.1, -0.05) is 13.8 Å². The molecule has 0 aliphatic rings. The molecule has 0 bridgehead atoms. The van der Waals surface area contributed by atoms with Crippen molar-refractivity contribution >= 4 is 11.8 Å². The maximum Gasteiger partial charge on any atom is 0.141 e. The number of carbonyl (C=O) groups is 2. The van der Waals surface area contributed by atoms with Gasteiger partial charge in [-0.3, -0.25) is 4.79 Å². The molecule has 3 nitrogen and oxygen atoms in total. The lowest BCUT2D eigenvalue weighted by molar-refractivity contribution is -0.309. The Morgan fingerprint density at radius 3 is 2.11 bits per heavy atom. The summed E-state index contributed by atoms with van der Waals surface area (Å²) < 4.78 is 0. The van der Waals surface area contributed by atoms with E-state index in [1.807, 2.05) is 0 Å². The molecule has 0 amide bonds. The highest BCUT2D eigenvalue weighted by atomic mass is 16.4. The van der Waals surface area contributed by atoms with Gasteiger partial charge in [-0.25, -0.2) is 0 Å². The minimum atomic E-state index is -1.29. The van der Waals surface area contributed by atoms with Crippen molar-refractivity contribution in [3.8, 4) is 0 Å². The van der Waals surface area contributed by atoms with E-state index in [0.717, 1.165) is 0 Å². The van der Waals surface area contributed by atoms with Crippen LogP contribution in [0.15, 0.2) is 0 Å². The van der Waals surface area contributed by atoms with E-state index in [2.05, 4.69) is 0 Å². The van der Waals surface area contributed by atoms with Gasteiger partial charge in [0.15, 0.2) is 0 Å². The van der Waals surface area contributed by atoms with E-state index in [0.29, 0.717) is 0 Å². The summed E-state index contributed by atoms with van der Waals surface area (Å²) in [7, 11) is 0. The molecule has 0 N–H and O–H groups in total. The highest BCUT2D eigenvalue weighted by molar-refractivity contribution is 5.96. The Morgan fingerprint density at radius 1 is 1.56 bits per heavy atom. The van der Waals surface area contributed by atoms with Crippen molar-refractivity contribution in [2.45, 2.75) is 20.3 Å². The summed E-state index contributed by atoms with van der Waals surface area (Å²) >= 11 is 0. The zero-order valence-electron chi connectivity index (χ0n) is 5.51. The summed E-state index contributed by atoms with van der Waals surface area (Å²) in [6.07, 6.45) is 0.259. The molecule has 0 spiro atoms. The van der Waals surface area contributed by atoms with Gasteiger partial charge in [-0.05, 0) is 0 Å². The molecule has 1 atom stereocenters. The van der Waals surface area contributed by atoms with Crippen molar-refractivity contribution < 1.29 is 14.7 Å². The molecule has 3 heteroatoms. The molecular weight excluding hydrogens is 120 g/mol. The quantitative estimate of drug-likeness (QED) is 0.476. The van der Waals surface area contributed by atoms with Gasteiger partial charge >= 0.3 is 0 Å². The minimum Gasteiger partial charge on any atom is -0.549 e. The standard InChI is InChI=1S/C6H10O3/c1-3-5(7)4(2)6(8)9/h4H,3H2,1-2H3,(H,8,9)/p-1. The Bertz CT molecular complexity index is 128. The Labute approximate surface area is 53.7 Å². The molecule has 52 valence electrons. The molecule has 0 aromatic rings. The van der Waals surface area contributed by atoms with Crippen molar-refractivity contribution in [1.82, 2.24) is 0 Å². The summed E-state index contributed by atoms with van der Waals surface area (Å²) in [5.74, 6) is -2.52. The van der Waals surface area contributed by atoms with Crippen LogP contribution in [-0.4, -0.2) is 11.8 Å². The second-order valence-electron chi connectivity index (χ2n) is 1.86. The second kappa shape index (κ2) is 3.22. The van der Waals surface area contributed by atoms with Gasteiger partial charge in [0, 0.05) is 6.42 Å². The third kappa shape index (κ3) is 2.26. The van der Waals surface area contributed by atoms with E-state index >= 15 is 0 Å². The Hall–Kier alpha value is -0.860. The number of rotatable bonds is 3.